The van der Waals surface area contributed by atoms with Gasteiger partial charge in [-0.05, 0) is 25.8 Å². The van der Waals surface area contributed by atoms with Crippen molar-refractivity contribution in [2.75, 3.05) is 20.3 Å². The Morgan fingerprint density at radius 3 is 2.61 bits per heavy atom. The molecule has 0 aromatic rings. The number of rotatable bonds is 0. The summed E-state index contributed by atoms with van der Waals surface area (Å²) in [7, 11) is 8.83. The molecule has 0 aromatic carbocycles. The first kappa shape index (κ1) is 13.0. The average Bonchev–Trinajstić information content (AvgIpc) is 2.54. The van der Waals surface area contributed by atoms with Crippen molar-refractivity contribution < 1.29 is 4.74 Å². The minimum absolute atomic E-state index is 0.0459. The molecule has 18 heavy (non-hydrogen) atoms. The topological polar surface area (TPSA) is 12.5 Å². The lowest BCUT2D eigenvalue weighted by atomic mass is 9.62. The van der Waals surface area contributed by atoms with Crippen LogP contribution in [0, 0.1) is 5.92 Å². The first-order chi connectivity index (χ1) is 8.53. The molecule has 3 atom stereocenters. The summed E-state index contributed by atoms with van der Waals surface area (Å²) in [5, 5.41) is 0.0459. The summed E-state index contributed by atoms with van der Waals surface area (Å²) >= 11 is 0. The second-order valence-electron chi connectivity index (χ2n) is 7.32. The number of likely N-dealkylation sites (tertiary alicyclic amines) is 1. The molecule has 0 amide bonds. The van der Waals surface area contributed by atoms with Crippen LogP contribution in [0.2, 0.25) is 5.31 Å². The lowest BCUT2D eigenvalue weighted by molar-refractivity contribution is -0.122. The van der Waals surface area contributed by atoms with E-state index in [2.05, 4.69) is 18.9 Å². The fourth-order valence-electron chi connectivity index (χ4n) is 4.49. The van der Waals surface area contributed by atoms with Gasteiger partial charge in [0, 0.05) is 6.04 Å². The maximum atomic E-state index is 6.52. The Morgan fingerprint density at radius 2 is 1.94 bits per heavy atom. The summed E-state index contributed by atoms with van der Waals surface area (Å²) in [5.74, 6) is 0.784. The Bertz CT molecular complexity index is 314. The van der Waals surface area contributed by atoms with Crippen molar-refractivity contribution in [2.45, 2.75) is 68.8 Å². The first-order valence-corrected chi connectivity index (χ1v) is 7.62. The third kappa shape index (κ3) is 2.14. The van der Waals surface area contributed by atoms with E-state index in [0.717, 1.165) is 25.2 Å². The molecule has 2 radical (unpaired) electrons. The zero-order chi connectivity index (χ0) is 12.8. The lowest BCUT2D eigenvalue weighted by Gasteiger charge is -2.45. The van der Waals surface area contributed by atoms with Crippen LogP contribution in [0.5, 0.6) is 0 Å². The number of nitrogens with zero attached hydrogens (tertiary/aromatic N) is 1. The number of ether oxygens (including phenoxy) is 1. The predicted octanol–water partition coefficient (Wildman–Crippen LogP) is 2.78. The van der Waals surface area contributed by atoms with Crippen LogP contribution >= 0.6 is 0 Å². The number of likely N-dealkylation sites (N-methyl/N-ethyl adjacent to an activating group) is 1. The summed E-state index contributed by atoms with van der Waals surface area (Å²) in [6.45, 7) is 4.15. The van der Waals surface area contributed by atoms with Gasteiger partial charge in [0.05, 0.1) is 26.6 Å². The summed E-state index contributed by atoms with van der Waals surface area (Å²) in [4.78, 5) is 2.64. The van der Waals surface area contributed by atoms with Gasteiger partial charge in [0.1, 0.15) is 0 Å². The van der Waals surface area contributed by atoms with Gasteiger partial charge in [-0.2, -0.15) is 0 Å². The van der Waals surface area contributed by atoms with Crippen LogP contribution in [-0.2, 0) is 4.74 Å². The predicted molar refractivity (Wildman–Crippen MR) is 75.0 cm³/mol. The van der Waals surface area contributed by atoms with Crippen LogP contribution in [0.1, 0.15) is 51.9 Å². The van der Waals surface area contributed by atoms with E-state index in [1.54, 1.807) is 0 Å². The molecule has 1 aliphatic carbocycles. The lowest BCUT2D eigenvalue weighted by Crippen LogP contribution is -2.58. The molecule has 1 saturated carbocycles. The molecular weight excluding hydrogens is 221 g/mol. The van der Waals surface area contributed by atoms with E-state index in [4.69, 9.17) is 12.6 Å². The molecule has 2 heterocycles. The van der Waals surface area contributed by atoms with Gasteiger partial charge in [0.25, 0.3) is 0 Å². The normalized spacial score (nSPS) is 44.8. The second-order valence-corrected chi connectivity index (χ2v) is 7.32. The molecule has 3 unspecified atom stereocenters. The monoisotopic (exact) mass is 247 g/mol. The molecule has 3 fully saturated rings. The zero-order valence-electron chi connectivity index (χ0n) is 12.0. The molecule has 2 aliphatic heterocycles. The van der Waals surface area contributed by atoms with Gasteiger partial charge in [-0.1, -0.05) is 44.3 Å². The second kappa shape index (κ2) is 4.52. The summed E-state index contributed by atoms with van der Waals surface area (Å²) in [6, 6.07) is 0.745. The molecule has 0 bridgehead atoms. The number of hydrogen-bond acceptors (Lipinski definition) is 2. The fraction of sp³-hybridized carbons (Fsp3) is 1.00. The van der Waals surface area contributed by atoms with E-state index in [9.17, 15) is 0 Å². The summed E-state index contributed by atoms with van der Waals surface area (Å²) in [5.41, 5.74) is 0.366. The van der Waals surface area contributed by atoms with Gasteiger partial charge < -0.3 is 4.74 Å². The van der Waals surface area contributed by atoms with Gasteiger partial charge in [0.2, 0.25) is 0 Å². The van der Waals surface area contributed by atoms with Crippen LogP contribution in [-0.4, -0.2) is 44.6 Å². The van der Waals surface area contributed by atoms with E-state index in [1.165, 1.54) is 44.9 Å². The van der Waals surface area contributed by atoms with E-state index >= 15 is 0 Å². The molecule has 2 nitrogen and oxygen atoms in total. The molecule has 2 saturated heterocycles. The highest BCUT2D eigenvalue weighted by atomic mass is 16.5. The molecule has 0 aromatic heterocycles. The van der Waals surface area contributed by atoms with Gasteiger partial charge in [0.15, 0.2) is 0 Å². The molecule has 3 aliphatic rings. The highest BCUT2D eigenvalue weighted by molar-refractivity contribution is 6.14. The fourth-order valence-corrected chi connectivity index (χ4v) is 4.49. The minimum atomic E-state index is 0.0459. The number of fused-ring (bicyclic) bond motifs is 1. The van der Waals surface area contributed by atoms with Crippen LogP contribution < -0.4 is 0 Å². The molecule has 1 spiro atoms. The highest BCUT2D eigenvalue weighted by Crippen LogP contribution is 2.50. The SMILES string of the molecule is [B]C1(C)CCCCCC2C(C1)CC1(COC1)N2C. The highest BCUT2D eigenvalue weighted by Gasteiger charge is 2.54. The Labute approximate surface area is 113 Å². The smallest absolute Gasteiger partial charge is 0.0742 e. The van der Waals surface area contributed by atoms with Gasteiger partial charge in [-0.3, -0.25) is 4.90 Å². The van der Waals surface area contributed by atoms with Crippen molar-refractivity contribution in [3.05, 3.63) is 0 Å². The maximum absolute atomic E-state index is 6.52. The van der Waals surface area contributed by atoms with Gasteiger partial charge in [-0.15, -0.1) is 0 Å². The van der Waals surface area contributed by atoms with Crippen molar-refractivity contribution in [3.8, 4) is 0 Å². The maximum Gasteiger partial charge on any atom is 0.0742 e. The first-order valence-electron chi connectivity index (χ1n) is 7.62. The van der Waals surface area contributed by atoms with Crippen molar-refractivity contribution in [1.82, 2.24) is 4.90 Å². The van der Waals surface area contributed by atoms with Gasteiger partial charge in [-0.25, -0.2) is 0 Å². The number of hydrogen-bond donors (Lipinski definition) is 0. The third-order valence-electron chi connectivity index (χ3n) is 5.65. The van der Waals surface area contributed by atoms with Crippen molar-refractivity contribution in [1.29, 1.82) is 0 Å². The van der Waals surface area contributed by atoms with Crippen molar-refractivity contribution in [3.63, 3.8) is 0 Å². The molecule has 100 valence electrons. The van der Waals surface area contributed by atoms with Crippen LogP contribution in [0.3, 0.4) is 0 Å². The third-order valence-corrected chi connectivity index (χ3v) is 5.65. The summed E-state index contributed by atoms with van der Waals surface area (Å²) in [6.07, 6.45) is 9.10. The van der Waals surface area contributed by atoms with Crippen LogP contribution in [0.25, 0.3) is 0 Å². The Hall–Kier alpha value is -0.0151. The standard InChI is InChI=1S/C15H26BNO/c1-14(16)7-5-3-4-6-13-12(8-14)9-15(17(13)2)10-18-11-15/h12-13H,3-11H2,1-2H3. The summed E-state index contributed by atoms with van der Waals surface area (Å²) < 4.78 is 5.50. The van der Waals surface area contributed by atoms with Crippen molar-refractivity contribution in [2.24, 2.45) is 5.92 Å². The molecule has 3 heteroatoms. The quantitative estimate of drug-likeness (QED) is 0.610. The molecule has 0 N–H and O–H groups in total. The van der Waals surface area contributed by atoms with Crippen LogP contribution in [0.15, 0.2) is 0 Å². The molecular formula is C15H26BNO. The van der Waals surface area contributed by atoms with E-state index < -0.39 is 0 Å². The van der Waals surface area contributed by atoms with E-state index in [0.29, 0.717) is 5.54 Å². The average molecular weight is 247 g/mol. The largest absolute Gasteiger partial charge is 0.377 e. The zero-order valence-corrected chi connectivity index (χ0v) is 12.0. The van der Waals surface area contributed by atoms with Crippen molar-refractivity contribution >= 4 is 7.85 Å². The Morgan fingerprint density at radius 1 is 1.17 bits per heavy atom. The van der Waals surface area contributed by atoms with Gasteiger partial charge >= 0.3 is 0 Å². The Kier molecular flexibility index (Phi) is 3.26. The molecule has 3 rings (SSSR count). The minimum Gasteiger partial charge on any atom is -0.377 e. The van der Waals surface area contributed by atoms with E-state index in [-0.39, 0.29) is 5.31 Å². The van der Waals surface area contributed by atoms with E-state index in [1.807, 2.05) is 0 Å². The Balaban J connectivity index is 1.79. The van der Waals surface area contributed by atoms with Crippen LogP contribution in [0.4, 0.5) is 0 Å².